The van der Waals surface area contributed by atoms with Crippen LogP contribution in [-0.4, -0.2) is 54.2 Å². The van der Waals surface area contributed by atoms with Gasteiger partial charge in [0.25, 0.3) is 0 Å². The Bertz CT molecular complexity index is 1200. The van der Waals surface area contributed by atoms with Gasteiger partial charge in [-0.25, -0.2) is 4.79 Å². The Morgan fingerprint density at radius 3 is 1.97 bits per heavy atom. The Kier molecular flexibility index (Phi) is 7.69. The maximum Gasteiger partial charge on any atom is 0.573 e. The predicted octanol–water partition coefficient (Wildman–Crippen LogP) is 5.61. The monoisotopic (exact) mass is 540 g/mol. The number of halogens is 3. The number of quaternary nitrogens is 1. The Hall–Kier alpha value is -3.36. The Balaban J connectivity index is 1.24. The molecule has 3 aliphatic heterocycles. The number of carbonyl (C=O) groups is 1. The molecule has 206 valence electrons. The second-order valence-corrected chi connectivity index (χ2v) is 10.7. The van der Waals surface area contributed by atoms with Crippen LogP contribution in [0.4, 0.5) is 13.2 Å². The highest BCUT2D eigenvalue weighted by atomic mass is 19.4. The molecule has 3 saturated heterocycles. The molecule has 0 aromatic heterocycles. The molecule has 6 rings (SSSR count). The van der Waals surface area contributed by atoms with Crippen LogP contribution in [0, 0.1) is 5.92 Å². The number of alkyl halides is 3. The molecule has 3 fully saturated rings. The number of aryl methyl sites for hydroxylation is 1. The average Bonchev–Trinajstić information content (AvgIpc) is 2.94. The normalized spacial score (nSPS) is 22.9. The zero-order chi connectivity index (χ0) is 27.5. The molecule has 0 radical (unpaired) electrons. The summed E-state index contributed by atoms with van der Waals surface area (Å²) in [6.45, 7) is 3.62. The summed E-state index contributed by atoms with van der Waals surface area (Å²) in [6.07, 6.45) is -1.47. The molecule has 2 bridgehead atoms. The largest absolute Gasteiger partial charge is 0.573 e. The fourth-order valence-corrected chi connectivity index (χ4v) is 6.13. The summed E-state index contributed by atoms with van der Waals surface area (Å²) in [5.41, 5.74) is -0.00843. The summed E-state index contributed by atoms with van der Waals surface area (Å²) in [5.74, 6) is -0.606. The summed E-state index contributed by atoms with van der Waals surface area (Å²) in [4.78, 5) is 13.7. The molecule has 5 nitrogen and oxygen atoms in total. The number of ether oxygens (including phenoxy) is 2. The van der Waals surface area contributed by atoms with E-state index >= 15 is 0 Å². The van der Waals surface area contributed by atoms with Gasteiger partial charge in [0.2, 0.25) is 5.60 Å². The molecule has 0 aliphatic carbocycles. The van der Waals surface area contributed by atoms with Gasteiger partial charge in [0.05, 0.1) is 19.6 Å². The average molecular weight is 541 g/mol. The van der Waals surface area contributed by atoms with Gasteiger partial charge in [0, 0.05) is 25.2 Å². The van der Waals surface area contributed by atoms with Gasteiger partial charge in [0.1, 0.15) is 12.3 Å². The number of carbonyl (C=O) groups excluding carboxylic acids is 1. The lowest BCUT2D eigenvalue weighted by Crippen LogP contribution is -2.65. The summed E-state index contributed by atoms with van der Waals surface area (Å²) in [6, 6.07) is 23.8. The molecule has 1 unspecified atom stereocenters. The van der Waals surface area contributed by atoms with Gasteiger partial charge in [-0.3, -0.25) is 0 Å². The van der Waals surface area contributed by atoms with Crippen LogP contribution in [0.15, 0.2) is 84.9 Å². The highest BCUT2D eigenvalue weighted by molar-refractivity contribution is 5.85. The highest BCUT2D eigenvalue weighted by Gasteiger charge is 2.50. The molecule has 0 amide bonds. The smallest absolute Gasteiger partial charge is 0.453 e. The topological polar surface area (TPSA) is 55.8 Å². The highest BCUT2D eigenvalue weighted by Crippen LogP contribution is 2.38. The fraction of sp³-hybridized carbons (Fsp3) is 0.387. The molecule has 0 spiro atoms. The van der Waals surface area contributed by atoms with E-state index in [0.717, 1.165) is 55.4 Å². The summed E-state index contributed by atoms with van der Waals surface area (Å²) in [7, 11) is 0. The van der Waals surface area contributed by atoms with Crippen molar-refractivity contribution in [3.63, 3.8) is 0 Å². The first-order chi connectivity index (χ1) is 18.7. The third-order valence-corrected chi connectivity index (χ3v) is 8.23. The number of esters is 1. The van der Waals surface area contributed by atoms with Gasteiger partial charge in [0.15, 0.2) is 6.10 Å². The number of hydrogen-bond donors (Lipinski definition) is 1. The number of rotatable bonds is 9. The van der Waals surface area contributed by atoms with Crippen LogP contribution in [0.5, 0.6) is 5.75 Å². The molecule has 3 aliphatic rings. The standard InChI is InChI=1S/C31H33F3NO4/c32-31(33,34)39-27-15-13-23(14-16-27)8-7-19-35-20-17-24(18-21-35)28(22-35)38-29(36)30(37,25-9-3-1-4-10-25)26-11-5-2-6-12-26/h1-6,9-16,24,28,37H,7-8,17-22H2/q+1. The first kappa shape index (κ1) is 27.2. The molecule has 1 atom stereocenters. The minimum atomic E-state index is -4.70. The maximum atomic E-state index is 13.7. The van der Waals surface area contributed by atoms with Crippen molar-refractivity contribution in [1.82, 2.24) is 0 Å². The van der Waals surface area contributed by atoms with E-state index in [-0.39, 0.29) is 17.8 Å². The van der Waals surface area contributed by atoms with E-state index in [1.807, 2.05) is 12.1 Å². The van der Waals surface area contributed by atoms with Crippen LogP contribution in [0.2, 0.25) is 0 Å². The van der Waals surface area contributed by atoms with Crippen molar-refractivity contribution in [1.29, 1.82) is 0 Å². The third kappa shape index (κ3) is 6.12. The molecule has 1 N–H and O–H groups in total. The summed E-state index contributed by atoms with van der Waals surface area (Å²) in [5, 5.41) is 11.8. The number of fused-ring (bicyclic) bond motifs is 3. The van der Waals surface area contributed by atoms with E-state index in [1.165, 1.54) is 12.1 Å². The zero-order valence-electron chi connectivity index (χ0n) is 21.6. The van der Waals surface area contributed by atoms with Crippen LogP contribution in [0.1, 0.15) is 36.0 Å². The first-order valence-corrected chi connectivity index (χ1v) is 13.4. The van der Waals surface area contributed by atoms with E-state index < -0.39 is 17.9 Å². The molecular formula is C31H33F3NO4+. The second-order valence-electron chi connectivity index (χ2n) is 10.7. The lowest BCUT2D eigenvalue weighted by atomic mass is 9.82. The van der Waals surface area contributed by atoms with Crippen molar-refractivity contribution in [2.45, 2.75) is 43.8 Å². The predicted molar refractivity (Wildman–Crippen MR) is 140 cm³/mol. The molecule has 39 heavy (non-hydrogen) atoms. The van der Waals surface area contributed by atoms with Crippen molar-refractivity contribution >= 4 is 5.97 Å². The number of aliphatic hydroxyl groups is 1. The Labute approximate surface area is 226 Å². The van der Waals surface area contributed by atoms with Crippen LogP contribution < -0.4 is 4.74 Å². The summed E-state index contributed by atoms with van der Waals surface area (Å²) >= 11 is 0. The minimum absolute atomic E-state index is 0.221. The van der Waals surface area contributed by atoms with E-state index in [1.54, 1.807) is 60.7 Å². The maximum absolute atomic E-state index is 13.7. The van der Waals surface area contributed by atoms with Crippen LogP contribution in [0.25, 0.3) is 0 Å². The quantitative estimate of drug-likeness (QED) is 0.283. The first-order valence-electron chi connectivity index (χ1n) is 13.4. The van der Waals surface area contributed by atoms with Crippen molar-refractivity contribution in [2.75, 3.05) is 26.2 Å². The van der Waals surface area contributed by atoms with E-state index in [0.29, 0.717) is 17.7 Å². The third-order valence-electron chi connectivity index (χ3n) is 8.23. The van der Waals surface area contributed by atoms with E-state index in [4.69, 9.17) is 4.74 Å². The van der Waals surface area contributed by atoms with Gasteiger partial charge in [-0.05, 0) is 35.2 Å². The van der Waals surface area contributed by atoms with Crippen molar-refractivity contribution in [3.8, 4) is 5.75 Å². The number of piperidine rings is 3. The van der Waals surface area contributed by atoms with Gasteiger partial charge in [-0.2, -0.15) is 0 Å². The number of hydrogen-bond acceptors (Lipinski definition) is 4. The summed E-state index contributed by atoms with van der Waals surface area (Å²) < 4.78 is 48.2. The Morgan fingerprint density at radius 1 is 0.872 bits per heavy atom. The molecule has 3 heterocycles. The van der Waals surface area contributed by atoms with E-state index in [9.17, 15) is 23.1 Å². The second kappa shape index (κ2) is 11.0. The molecule has 3 aromatic rings. The van der Waals surface area contributed by atoms with Crippen molar-refractivity contribution in [2.24, 2.45) is 5.92 Å². The number of nitrogens with zero attached hydrogens (tertiary/aromatic N) is 1. The van der Waals surface area contributed by atoms with Gasteiger partial charge < -0.3 is 19.1 Å². The molecule has 0 saturated carbocycles. The van der Waals surface area contributed by atoms with Gasteiger partial charge >= 0.3 is 12.3 Å². The van der Waals surface area contributed by atoms with Gasteiger partial charge in [-0.15, -0.1) is 13.2 Å². The van der Waals surface area contributed by atoms with E-state index in [2.05, 4.69) is 4.74 Å². The zero-order valence-corrected chi connectivity index (χ0v) is 21.6. The molecule has 3 aromatic carbocycles. The van der Waals surface area contributed by atoms with Crippen molar-refractivity contribution < 1.29 is 37.0 Å². The number of benzene rings is 3. The van der Waals surface area contributed by atoms with Crippen LogP contribution in [0.3, 0.4) is 0 Å². The van der Waals surface area contributed by atoms with Crippen LogP contribution in [-0.2, 0) is 21.6 Å². The molecule has 8 heteroatoms. The Morgan fingerprint density at radius 2 is 1.44 bits per heavy atom. The van der Waals surface area contributed by atoms with Gasteiger partial charge in [-0.1, -0.05) is 72.8 Å². The molecular weight excluding hydrogens is 507 g/mol. The van der Waals surface area contributed by atoms with Crippen molar-refractivity contribution in [3.05, 3.63) is 102 Å². The minimum Gasteiger partial charge on any atom is -0.453 e. The van der Waals surface area contributed by atoms with Crippen LogP contribution >= 0.6 is 0 Å². The SMILES string of the molecule is O=C(OC1C[N+]2(CCCc3ccc(OC(F)(F)F)cc3)CCC1CC2)C(O)(c1ccccc1)c1ccccc1. The lowest BCUT2D eigenvalue weighted by Gasteiger charge is -2.52. The fourth-order valence-electron chi connectivity index (χ4n) is 6.13. The lowest BCUT2D eigenvalue weighted by molar-refractivity contribution is -0.946.